The number of aromatic nitrogens is 2. The van der Waals surface area contributed by atoms with E-state index in [1.807, 2.05) is 7.05 Å². The number of hydrogen-bond donors (Lipinski definition) is 3. The Bertz CT molecular complexity index is 501. The molecule has 0 aliphatic heterocycles. The van der Waals surface area contributed by atoms with E-state index in [4.69, 9.17) is 0 Å². The van der Waals surface area contributed by atoms with Crippen LogP contribution in [-0.4, -0.2) is 29.6 Å². The number of imidazole rings is 1. The third kappa shape index (κ3) is 2.33. The maximum Gasteiger partial charge on any atom is 0.0931 e. The van der Waals surface area contributed by atoms with Gasteiger partial charge < -0.3 is 15.6 Å². The first-order chi connectivity index (χ1) is 8.36. The van der Waals surface area contributed by atoms with Gasteiger partial charge in [0, 0.05) is 18.6 Å². The van der Waals surface area contributed by atoms with Crippen LogP contribution < -0.4 is 10.6 Å². The molecule has 1 atom stereocenters. The molecule has 0 bridgehead atoms. The molecule has 2 aromatic rings. The summed E-state index contributed by atoms with van der Waals surface area (Å²) in [5, 5.41) is 6.92. The van der Waals surface area contributed by atoms with E-state index < -0.39 is 0 Å². The number of hydrogen-bond acceptors (Lipinski definition) is 3. The van der Waals surface area contributed by atoms with E-state index in [1.165, 1.54) is 18.4 Å². The molecule has 1 unspecified atom stereocenters. The van der Waals surface area contributed by atoms with Crippen molar-refractivity contribution >= 4 is 11.0 Å². The van der Waals surface area contributed by atoms with Crippen LogP contribution in [0.1, 0.15) is 24.4 Å². The van der Waals surface area contributed by atoms with Crippen LogP contribution in [0.15, 0.2) is 24.5 Å². The highest BCUT2D eigenvalue weighted by molar-refractivity contribution is 5.75. The molecule has 1 aromatic carbocycles. The minimum atomic E-state index is 0.364. The zero-order chi connectivity index (χ0) is 11.7. The van der Waals surface area contributed by atoms with E-state index in [9.17, 15) is 0 Å². The molecule has 1 heterocycles. The Morgan fingerprint density at radius 3 is 3.12 bits per heavy atom. The lowest BCUT2D eigenvalue weighted by molar-refractivity contribution is 0.526. The molecule has 1 aliphatic carbocycles. The highest BCUT2D eigenvalue weighted by Crippen LogP contribution is 2.21. The lowest BCUT2D eigenvalue weighted by Gasteiger charge is -2.17. The molecular formula is C13H18N4. The molecule has 0 radical (unpaired) electrons. The van der Waals surface area contributed by atoms with Crippen molar-refractivity contribution in [2.75, 3.05) is 13.6 Å². The Morgan fingerprint density at radius 1 is 1.47 bits per heavy atom. The molecule has 3 N–H and O–H groups in total. The fourth-order valence-corrected chi connectivity index (χ4v) is 2.13. The second-order valence-corrected chi connectivity index (χ2v) is 4.70. The number of H-pyrrole nitrogens is 1. The Balaban J connectivity index is 1.78. The van der Waals surface area contributed by atoms with E-state index in [2.05, 4.69) is 38.8 Å². The van der Waals surface area contributed by atoms with E-state index in [1.54, 1.807) is 6.33 Å². The van der Waals surface area contributed by atoms with Crippen LogP contribution in [0.2, 0.25) is 0 Å². The maximum atomic E-state index is 4.24. The van der Waals surface area contributed by atoms with E-state index in [0.717, 1.165) is 23.6 Å². The van der Waals surface area contributed by atoms with Gasteiger partial charge in [0.25, 0.3) is 0 Å². The first kappa shape index (κ1) is 10.7. The van der Waals surface area contributed by atoms with Crippen molar-refractivity contribution in [3.63, 3.8) is 0 Å². The van der Waals surface area contributed by atoms with Crippen LogP contribution in [0.3, 0.4) is 0 Å². The smallest absolute Gasteiger partial charge is 0.0931 e. The summed E-state index contributed by atoms with van der Waals surface area (Å²) in [4.78, 5) is 7.39. The molecule has 0 spiro atoms. The second-order valence-electron chi connectivity index (χ2n) is 4.70. The summed E-state index contributed by atoms with van der Waals surface area (Å²) in [6.07, 6.45) is 4.40. The van der Waals surface area contributed by atoms with Gasteiger partial charge in [-0.15, -0.1) is 0 Å². The van der Waals surface area contributed by atoms with Crippen molar-refractivity contribution in [1.82, 2.24) is 20.6 Å². The van der Waals surface area contributed by atoms with E-state index >= 15 is 0 Å². The molecule has 0 saturated heterocycles. The van der Waals surface area contributed by atoms with E-state index in [-0.39, 0.29) is 0 Å². The van der Waals surface area contributed by atoms with Crippen molar-refractivity contribution in [2.45, 2.75) is 24.9 Å². The predicted molar refractivity (Wildman–Crippen MR) is 68.9 cm³/mol. The molecule has 1 fully saturated rings. The van der Waals surface area contributed by atoms with Crippen LogP contribution in [0.25, 0.3) is 11.0 Å². The zero-order valence-electron chi connectivity index (χ0n) is 10.0. The van der Waals surface area contributed by atoms with E-state index in [0.29, 0.717) is 6.04 Å². The van der Waals surface area contributed by atoms with Crippen LogP contribution in [-0.2, 0) is 0 Å². The minimum Gasteiger partial charge on any atom is -0.345 e. The van der Waals surface area contributed by atoms with Gasteiger partial charge in [-0.3, -0.25) is 0 Å². The highest BCUT2D eigenvalue weighted by atomic mass is 15.0. The van der Waals surface area contributed by atoms with Gasteiger partial charge in [-0.1, -0.05) is 6.07 Å². The summed E-state index contributed by atoms with van der Waals surface area (Å²) in [6, 6.07) is 7.52. The summed E-state index contributed by atoms with van der Waals surface area (Å²) in [7, 11) is 2.01. The van der Waals surface area contributed by atoms with Gasteiger partial charge >= 0.3 is 0 Å². The molecule has 1 aliphatic rings. The third-order valence-corrected chi connectivity index (χ3v) is 3.38. The summed E-state index contributed by atoms with van der Waals surface area (Å²) < 4.78 is 0. The number of aromatic amines is 1. The van der Waals surface area contributed by atoms with Crippen LogP contribution in [0.4, 0.5) is 0 Å². The fraction of sp³-hybridized carbons (Fsp3) is 0.462. The average Bonchev–Trinajstić information content (AvgIpc) is 3.06. The largest absolute Gasteiger partial charge is 0.345 e. The third-order valence-electron chi connectivity index (χ3n) is 3.38. The van der Waals surface area contributed by atoms with Crippen molar-refractivity contribution in [2.24, 2.45) is 0 Å². The molecule has 90 valence electrons. The van der Waals surface area contributed by atoms with Crippen LogP contribution in [0, 0.1) is 0 Å². The standard InChI is InChI=1S/C13H18N4/c1-14-13(7-15-10-3-4-10)9-2-5-11-12(6-9)17-8-16-11/h2,5-6,8,10,13-15H,3-4,7H2,1H3,(H,16,17). The lowest BCUT2D eigenvalue weighted by atomic mass is 10.1. The normalized spacial score (nSPS) is 17.5. The van der Waals surface area contributed by atoms with Gasteiger partial charge in [0.15, 0.2) is 0 Å². The molecule has 4 heteroatoms. The van der Waals surface area contributed by atoms with Gasteiger partial charge in [0.2, 0.25) is 0 Å². The predicted octanol–water partition coefficient (Wildman–Crippen LogP) is 1.58. The van der Waals surface area contributed by atoms with Gasteiger partial charge in [-0.2, -0.15) is 0 Å². The molecule has 17 heavy (non-hydrogen) atoms. The number of rotatable bonds is 5. The minimum absolute atomic E-state index is 0.364. The van der Waals surface area contributed by atoms with Gasteiger partial charge in [-0.05, 0) is 37.6 Å². The SMILES string of the molecule is CNC(CNC1CC1)c1ccc2nc[nH]c2c1. The number of fused-ring (bicyclic) bond motifs is 1. The topological polar surface area (TPSA) is 52.7 Å². The number of nitrogens with one attached hydrogen (secondary N) is 3. The summed E-state index contributed by atoms with van der Waals surface area (Å²) in [6.45, 7) is 0.987. The Labute approximate surface area is 101 Å². The maximum absolute atomic E-state index is 4.24. The summed E-state index contributed by atoms with van der Waals surface area (Å²) >= 11 is 0. The molecule has 4 nitrogen and oxygen atoms in total. The zero-order valence-corrected chi connectivity index (χ0v) is 10.0. The van der Waals surface area contributed by atoms with Crippen LogP contribution in [0.5, 0.6) is 0 Å². The molecule has 0 amide bonds. The highest BCUT2D eigenvalue weighted by Gasteiger charge is 2.22. The number of nitrogens with zero attached hydrogens (tertiary/aromatic N) is 1. The number of benzene rings is 1. The first-order valence-corrected chi connectivity index (χ1v) is 6.20. The van der Waals surface area contributed by atoms with Crippen molar-refractivity contribution in [3.8, 4) is 0 Å². The summed E-state index contributed by atoms with van der Waals surface area (Å²) in [5.74, 6) is 0. The van der Waals surface area contributed by atoms with Gasteiger partial charge in [0.1, 0.15) is 0 Å². The van der Waals surface area contributed by atoms with Crippen molar-refractivity contribution < 1.29 is 0 Å². The average molecular weight is 230 g/mol. The molecule has 3 rings (SSSR count). The lowest BCUT2D eigenvalue weighted by Crippen LogP contribution is -2.30. The molecular weight excluding hydrogens is 212 g/mol. The first-order valence-electron chi connectivity index (χ1n) is 6.20. The molecule has 1 aromatic heterocycles. The van der Waals surface area contributed by atoms with Gasteiger partial charge in [0.05, 0.1) is 17.4 Å². The fourth-order valence-electron chi connectivity index (χ4n) is 2.13. The Morgan fingerprint density at radius 2 is 2.35 bits per heavy atom. The Hall–Kier alpha value is -1.39. The monoisotopic (exact) mass is 230 g/mol. The van der Waals surface area contributed by atoms with Gasteiger partial charge in [-0.25, -0.2) is 4.98 Å². The summed E-state index contributed by atoms with van der Waals surface area (Å²) in [5.41, 5.74) is 3.44. The quantitative estimate of drug-likeness (QED) is 0.731. The van der Waals surface area contributed by atoms with Crippen molar-refractivity contribution in [1.29, 1.82) is 0 Å². The molecule has 1 saturated carbocycles. The number of likely N-dealkylation sites (N-methyl/N-ethyl adjacent to an activating group) is 1. The Kier molecular flexibility index (Phi) is 2.82. The van der Waals surface area contributed by atoms with Crippen molar-refractivity contribution in [3.05, 3.63) is 30.1 Å². The second kappa shape index (κ2) is 4.47. The van der Waals surface area contributed by atoms with Crippen LogP contribution >= 0.6 is 0 Å².